The molecule has 0 saturated carbocycles. The molecule has 0 aliphatic rings. The minimum atomic E-state index is -0.348. The van der Waals surface area contributed by atoms with Gasteiger partial charge in [0, 0.05) is 28.9 Å². The lowest BCUT2D eigenvalue weighted by molar-refractivity contribution is 0.102. The van der Waals surface area contributed by atoms with Crippen LogP contribution in [0.4, 0.5) is 5.69 Å². The van der Waals surface area contributed by atoms with Gasteiger partial charge >= 0.3 is 0 Å². The van der Waals surface area contributed by atoms with Crippen LogP contribution in [-0.2, 0) is 5.75 Å². The minimum absolute atomic E-state index is 0.243. The number of aromatic nitrogens is 5. The van der Waals surface area contributed by atoms with Crippen LogP contribution in [0.2, 0.25) is 5.02 Å². The summed E-state index contributed by atoms with van der Waals surface area (Å²) in [5.41, 5.74) is 2.33. The molecule has 144 valence electrons. The van der Waals surface area contributed by atoms with Gasteiger partial charge in [-0.25, -0.2) is 14.6 Å². The fourth-order valence-electron chi connectivity index (χ4n) is 2.60. The van der Waals surface area contributed by atoms with Gasteiger partial charge in [0.2, 0.25) is 0 Å². The van der Waals surface area contributed by atoms with Crippen molar-refractivity contribution in [3.63, 3.8) is 0 Å². The van der Waals surface area contributed by atoms with E-state index in [9.17, 15) is 4.79 Å². The van der Waals surface area contributed by atoms with Gasteiger partial charge in [-0.1, -0.05) is 46.8 Å². The molecule has 0 bridgehead atoms. The van der Waals surface area contributed by atoms with E-state index in [1.807, 2.05) is 30.3 Å². The van der Waals surface area contributed by atoms with Crippen LogP contribution < -0.4 is 5.32 Å². The topological polar surface area (TPSA) is 85.6 Å². The van der Waals surface area contributed by atoms with Crippen LogP contribution in [0.15, 0.2) is 78.2 Å². The number of halogens is 1. The van der Waals surface area contributed by atoms with Crippen LogP contribution in [0.3, 0.4) is 0 Å². The Balaban J connectivity index is 1.64. The highest BCUT2D eigenvalue weighted by molar-refractivity contribution is 7.98. The van der Waals surface area contributed by atoms with Crippen molar-refractivity contribution in [3.8, 4) is 5.69 Å². The zero-order valence-electron chi connectivity index (χ0n) is 15.1. The molecular weight excluding hydrogens is 408 g/mol. The molecule has 7 nitrogen and oxygen atoms in total. The van der Waals surface area contributed by atoms with Crippen LogP contribution in [0.25, 0.3) is 5.69 Å². The Labute approximate surface area is 176 Å². The molecule has 2 aromatic heterocycles. The number of benzene rings is 2. The van der Waals surface area contributed by atoms with Gasteiger partial charge in [0.15, 0.2) is 10.9 Å². The predicted octanol–water partition coefficient (Wildman–Crippen LogP) is 4.26. The molecule has 1 amide bonds. The summed E-state index contributed by atoms with van der Waals surface area (Å²) in [4.78, 5) is 21.3. The van der Waals surface area contributed by atoms with Crippen molar-refractivity contribution in [1.82, 2.24) is 25.0 Å². The number of rotatable bonds is 6. The molecule has 2 heterocycles. The quantitative estimate of drug-likeness (QED) is 0.369. The number of anilines is 1. The fraction of sp³-hybridized carbons (Fsp3) is 0.0500. The van der Waals surface area contributed by atoms with Crippen molar-refractivity contribution in [3.05, 3.63) is 89.5 Å². The van der Waals surface area contributed by atoms with Crippen molar-refractivity contribution < 1.29 is 4.79 Å². The second-order valence-corrected chi connectivity index (χ2v) is 7.29. The molecule has 29 heavy (non-hydrogen) atoms. The third-order valence-corrected chi connectivity index (χ3v) is 5.10. The van der Waals surface area contributed by atoms with Gasteiger partial charge in [-0.15, -0.1) is 5.10 Å². The maximum absolute atomic E-state index is 12.9. The Kier molecular flexibility index (Phi) is 5.83. The summed E-state index contributed by atoms with van der Waals surface area (Å²) in [6, 6.07) is 18.2. The number of hydrogen-bond acceptors (Lipinski definition) is 6. The highest BCUT2D eigenvalue weighted by Gasteiger charge is 2.21. The van der Waals surface area contributed by atoms with Gasteiger partial charge in [-0.2, -0.15) is 0 Å². The van der Waals surface area contributed by atoms with Gasteiger partial charge in [-0.3, -0.25) is 4.79 Å². The molecule has 4 aromatic rings. The van der Waals surface area contributed by atoms with E-state index in [1.54, 1.807) is 47.4 Å². The number of hydrogen-bond donors (Lipinski definition) is 1. The molecule has 0 unspecified atom stereocenters. The molecule has 0 radical (unpaired) electrons. The monoisotopic (exact) mass is 422 g/mol. The molecule has 0 fully saturated rings. The number of thioether (sulfide) groups is 1. The summed E-state index contributed by atoms with van der Waals surface area (Å²) in [6.07, 6.45) is 3.35. The smallest absolute Gasteiger partial charge is 0.278 e. The first-order chi connectivity index (χ1) is 14.2. The van der Waals surface area contributed by atoms with Crippen LogP contribution in [0, 0.1) is 0 Å². The van der Waals surface area contributed by atoms with E-state index in [4.69, 9.17) is 11.6 Å². The lowest BCUT2D eigenvalue weighted by Crippen LogP contribution is -2.15. The second kappa shape index (κ2) is 8.85. The van der Waals surface area contributed by atoms with E-state index in [0.29, 0.717) is 27.3 Å². The summed E-state index contributed by atoms with van der Waals surface area (Å²) >= 11 is 7.31. The number of nitrogens with one attached hydrogen (secondary N) is 1. The van der Waals surface area contributed by atoms with Crippen molar-refractivity contribution in [1.29, 1.82) is 0 Å². The van der Waals surface area contributed by atoms with Crippen LogP contribution in [0.1, 0.15) is 16.2 Å². The summed E-state index contributed by atoms with van der Waals surface area (Å²) in [5.74, 6) is 0.0778. The van der Waals surface area contributed by atoms with Crippen molar-refractivity contribution in [2.45, 2.75) is 10.9 Å². The number of nitrogens with zero attached hydrogens (tertiary/aromatic N) is 5. The van der Waals surface area contributed by atoms with E-state index in [0.717, 1.165) is 5.69 Å². The van der Waals surface area contributed by atoms with E-state index in [1.165, 1.54) is 11.8 Å². The minimum Gasteiger partial charge on any atom is -0.321 e. The Morgan fingerprint density at radius 1 is 1.00 bits per heavy atom. The maximum atomic E-state index is 12.9. The highest BCUT2D eigenvalue weighted by atomic mass is 35.5. The first-order valence-electron chi connectivity index (χ1n) is 8.67. The Bertz CT molecular complexity index is 1100. The first kappa shape index (κ1) is 19.1. The second-order valence-electron chi connectivity index (χ2n) is 5.91. The molecule has 0 atom stereocenters. The maximum Gasteiger partial charge on any atom is 0.278 e. The summed E-state index contributed by atoms with van der Waals surface area (Å²) < 4.78 is 1.66. The van der Waals surface area contributed by atoms with E-state index in [-0.39, 0.29) is 11.6 Å². The zero-order valence-corrected chi connectivity index (χ0v) is 16.6. The summed E-state index contributed by atoms with van der Waals surface area (Å²) in [6.45, 7) is 0. The van der Waals surface area contributed by atoms with E-state index < -0.39 is 0 Å². The van der Waals surface area contributed by atoms with Crippen molar-refractivity contribution in [2.24, 2.45) is 0 Å². The van der Waals surface area contributed by atoms with E-state index >= 15 is 0 Å². The molecule has 0 aliphatic heterocycles. The van der Waals surface area contributed by atoms with Gasteiger partial charge in [-0.05, 0) is 42.5 Å². The largest absolute Gasteiger partial charge is 0.321 e. The molecule has 9 heteroatoms. The lowest BCUT2D eigenvalue weighted by atomic mass is 10.2. The van der Waals surface area contributed by atoms with Gasteiger partial charge in [0.1, 0.15) is 0 Å². The third-order valence-electron chi connectivity index (χ3n) is 3.96. The summed E-state index contributed by atoms with van der Waals surface area (Å²) in [7, 11) is 0. The van der Waals surface area contributed by atoms with Crippen molar-refractivity contribution in [2.75, 3.05) is 5.32 Å². The molecule has 1 N–H and O–H groups in total. The Morgan fingerprint density at radius 2 is 1.72 bits per heavy atom. The molecule has 2 aromatic carbocycles. The SMILES string of the molecule is O=C(Nc1ccc(Cl)cc1)c1nnn(-c2ccccc2)c1CSc1ncccn1. The average Bonchev–Trinajstić information content (AvgIpc) is 3.19. The molecule has 0 saturated heterocycles. The normalized spacial score (nSPS) is 10.7. The summed E-state index contributed by atoms with van der Waals surface area (Å²) in [5, 5.41) is 12.4. The van der Waals surface area contributed by atoms with E-state index in [2.05, 4.69) is 25.6 Å². The number of carbonyl (C=O) groups excluding carboxylic acids is 1. The average molecular weight is 423 g/mol. The molecule has 4 rings (SSSR count). The van der Waals surface area contributed by atoms with Crippen molar-refractivity contribution >= 4 is 35.0 Å². The van der Waals surface area contributed by atoms with Crippen LogP contribution >= 0.6 is 23.4 Å². The Morgan fingerprint density at radius 3 is 2.45 bits per heavy atom. The van der Waals surface area contributed by atoms with Crippen LogP contribution in [0.5, 0.6) is 0 Å². The van der Waals surface area contributed by atoms with Gasteiger partial charge in [0.05, 0.1) is 11.4 Å². The standard InChI is InChI=1S/C20H15ClN6OS/c21-14-7-9-15(10-8-14)24-19(28)18-17(13-29-20-22-11-4-12-23-20)27(26-25-18)16-5-2-1-3-6-16/h1-12H,13H2,(H,24,28). The third kappa shape index (κ3) is 4.61. The van der Waals surface area contributed by atoms with Crippen LogP contribution in [-0.4, -0.2) is 30.9 Å². The predicted molar refractivity (Wildman–Crippen MR) is 112 cm³/mol. The fourth-order valence-corrected chi connectivity index (χ4v) is 3.52. The lowest BCUT2D eigenvalue weighted by Gasteiger charge is -2.08. The number of carbonyl (C=O) groups is 1. The zero-order chi connectivity index (χ0) is 20.1. The molecular formula is C20H15ClN6OS. The number of amides is 1. The number of para-hydroxylation sites is 1. The molecule has 0 aliphatic carbocycles. The molecule has 0 spiro atoms. The Hall–Kier alpha value is -3.23. The highest BCUT2D eigenvalue weighted by Crippen LogP contribution is 2.23. The first-order valence-corrected chi connectivity index (χ1v) is 10.0. The van der Waals surface area contributed by atoms with Gasteiger partial charge < -0.3 is 5.32 Å². The van der Waals surface area contributed by atoms with Gasteiger partial charge in [0.25, 0.3) is 5.91 Å².